The largest absolute Gasteiger partial charge is 0.394 e. The predicted molar refractivity (Wildman–Crippen MR) is 76.4 cm³/mol. The summed E-state index contributed by atoms with van der Waals surface area (Å²) >= 11 is 0. The van der Waals surface area contributed by atoms with Crippen molar-refractivity contribution < 1.29 is 61.3 Å². The topological polar surface area (TPSA) is 243 Å². The molecule has 0 aliphatic heterocycles. The molecule has 8 atom stereocenters. The minimum Gasteiger partial charge on any atom is -0.394 e. The molecule has 0 saturated heterocycles. The molecular weight excluding hydrogens is 336 g/mol. The van der Waals surface area contributed by atoms with Crippen molar-refractivity contribution in [2.45, 2.75) is 48.8 Å². The summed E-state index contributed by atoms with van der Waals surface area (Å²) in [5.41, 5.74) is 0. The molecule has 0 saturated carbocycles. The lowest BCUT2D eigenvalue weighted by molar-refractivity contribution is -0.123. The van der Waals surface area contributed by atoms with Crippen LogP contribution in [0.2, 0.25) is 0 Å². The molecular formula is C12H28O12. The Morgan fingerprint density at radius 1 is 0.333 bits per heavy atom. The predicted octanol–water partition coefficient (Wildman–Crippen LogP) is -7.17. The van der Waals surface area contributed by atoms with Crippen LogP contribution in [-0.4, -0.2) is 137 Å². The second-order valence-corrected chi connectivity index (χ2v) is 4.96. The van der Waals surface area contributed by atoms with Crippen LogP contribution < -0.4 is 0 Å². The van der Waals surface area contributed by atoms with Crippen LogP contribution in [0.15, 0.2) is 0 Å². The van der Waals surface area contributed by atoms with E-state index in [1.807, 2.05) is 0 Å². The Morgan fingerprint density at radius 2 is 0.458 bits per heavy atom. The van der Waals surface area contributed by atoms with Gasteiger partial charge < -0.3 is 61.3 Å². The first-order valence-corrected chi connectivity index (χ1v) is 6.96. The van der Waals surface area contributed by atoms with Crippen LogP contribution >= 0.6 is 0 Å². The average Bonchev–Trinajstić information content (AvgIpc) is 2.62. The molecule has 0 unspecified atom stereocenters. The second-order valence-electron chi connectivity index (χ2n) is 4.96. The zero-order chi connectivity index (χ0) is 19.4. The minimum absolute atomic E-state index is 0.726. The normalized spacial score (nSPS) is 21.5. The number of aliphatic hydroxyl groups is 12. The maximum atomic E-state index is 8.96. The standard InChI is InChI=1S/2C6H14O6/c2*7-1-3(9)5(11)6(12)4(10)2-8/h2*3-12H,1-2H2/t2*3-,4-,5+,6+/m00/s1. The maximum Gasteiger partial charge on any atom is 0.111 e. The van der Waals surface area contributed by atoms with Gasteiger partial charge in [-0.1, -0.05) is 0 Å². The molecule has 0 fully saturated rings. The van der Waals surface area contributed by atoms with Crippen LogP contribution in [0.3, 0.4) is 0 Å². The molecule has 24 heavy (non-hydrogen) atoms. The zero-order valence-electron chi connectivity index (χ0n) is 12.8. The Hall–Kier alpha value is -0.480. The highest BCUT2D eigenvalue weighted by molar-refractivity contribution is 4.80. The van der Waals surface area contributed by atoms with E-state index >= 15 is 0 Å². The third-order valence-electron chi connectivity index (χ3n) is 3.02. The van der Waals surface area contributed by atoms with Crippen LogP contribution in [0.4, 0.5) is 0 Å². The molecule has 0 radical (unpaired) electrons. The molecule has 0 heterocycles. The summed E-state index contributed by atoms with van der Waals surface area (Å²) in [6.45, 7) is -2.90. The highest BCUT2D eigenvalue weighted by atomic mass is 16.4. The van der Waals surface area contributed by atoms with Crippen molar-refractivity contribution in [2.75, 3.05) is 26.4 Å². The van der Waals surface area contributed by atoms with Gasteiger partial charge in [0, 0.05) is 0 Å². The third-order valence-corrected chi connectivity index (χ3v) is 3.02. The van der Waals surface area contributed by atoms with Crippen LogP contribution in [0.5, 0.6) is 0 Å². The fourth-order valence-electron chi connectivity index (χ4n) is 1.34. The van der Waals surface area contributed by atoms with Crippen LogP contribution in [-0.2, 0) is 0 Å². The molecule has 0 aromatic carbocycles. The summed E-state index contributed by atoms with van der Waals surface area (Å²) in [6, 6.07) is 0. The first-order chi connectivity index (χ1) is 11.1. The number of hydrogen-bond acceptors (Lipinski definition) is 12. The molecule has 0 aliphatic rings. The Kier molecular flexibility index (Phi) is 14.8. The molecule has 148 valence electrons. The smallest absolute Gasteiger partial charge is 0.111 e. The Morgan fingerprint density at radius 3 is 0.542 bits per heavy atom. The molecule has 12 heteroatoms. The monoisotopic (exact) mass is 364 g/mol. The highest BCUT2D eigenvalue weighted by Crippen LogP contribution is 2.04. The highest BCUT2D eigenvalue weighted by Gasteiger charge is 2.30. The van der Waals surface area contributed by atoms with Crippen LogP contribution in [0, 0.1) is 0 Å². The van der Waals surface area contributed by atoms with E-state index in [1.165, 1.54) is 0 Å². The van der Waals surface area contributed by atoms with E-state index < -0.39 is 75.3 Å². The lowest BCUT2D eigenvalue weighted by Gasteiger charge is -2.24. The molecule has 0 rings (SSSR count). The third kappa shape index (κ3) is 9.12. The van der Waals surface area contributed by atoms with Gasteiger partial charge in [0.2, 0.25) is 0 Å². The quantitative estimate of drug-likeness (QED) is 0.173. The first-order valence-electron chi connectivity index (χ1n) is 6.96. The first kappa shape index (κ1) is 25.8. The van der Waals surface area contributed by atoms with Crippen molar-refractivity contribution in [3.63, 3.8) is 0 Å². The fraction of sp³-hybridized carbons (Fsp3) is 1.00. The Balaban J connectivity index is 0. The van der Waals surface area contributed by atoms with Crippen molar-refractivity contribution in [1.82, 2.24) is 0 Å². The lowest BCUT2D eigenvalue weighted by Crippen LogP contribution is -2.46. The van der Waals surface area contributed by atoms with Crippen LogP contribution in [0.25, 0.3) is 0 Å². The summed E-state index contributed by atoms with van der Waals surface area (Å²) < 4.78 is 0. The van der Waals surface area contributed by atoms with E-state index in [2.05, 4.69) is 0 Å². The van der Waals surface area contributed by atoms with Gasteiger partial charge in [-0.15, -0.1) is 0 Å². The molecule has 0 amide bonds. The molecule has 0 aromatic rings. The van der Waals surface area contributed by atoms with E-state index in [0.717, 1.165) is 0 Å². The van der Waals surface area contributed by atoms with E-state index in [9.17, 15) is 0 Å². The molecule has 0 aromatic heterocycles. The SMILES string of the molecule is OC[C@H](O)[C@@H](O)[C@H](O)[C@@H](O)CO.OC[C@H](O)[C@@H](O)[C@H](O)[C@@H](O)CO. The molecule has 12 nitrogen and oxygen atoms in total. The van der Waals surface area contributed by atoms with Crippen LogP contribution in [0.1, 0.15) is 0 Å². The Labute approximate surface area is 137 Å². The van der Waals surface area contributed by atoms with Gasteiger partial charge in [-0.3, -0.25) is 0 Å². The lowest BCUT2D eigenvalue weighted by atomic mass is 10.0. The van der Waals surface area contributed by atoms with Gasteiger partial charge in [-0.05, 0) is 0 Å². The van der Waals surface area contributed by atoms with Gasteiger partial charge in [0.15, 0.2) is 0 Å². The Bertz CT molecular complexity index is 237. The summed E-state index contributed by atoms with van der Waals surface area (Å²) in [7, 11) is 0. The molecule has 0 aliphatic carbocycles. The van der Waals surface area contributed by atoms with Crippen molar-refractivity contribution in [3.05, 3.63) is 0 Å². The minimum atomic E-state index is -1.67. The summed E-state index contributed by atoms with van der Waals surface area (Å²) in [5, 5.41) is 104. The van der Waals surface area contributed by atoms with E-state index in [4.69, 9.17) is 61.3 Å². The summed E-state index contributed by atoms with van der Waals surface area (Å²) in [5.74, 6) is 0. The van der Waals surface area contributed by atoms with Gasteiger partial charge in [-0.2, -0.15) is 0 Å². The summed E-state index contributed by atoms with van der Waals surface area (Å²) in [6.07, 6.45) is -12.8. The zero-order valence-corrected chi connectivity index (χ0v) is 12.8. The van der Waals surface area contributed by atoms with Gasteiger partial charge in [0.1, 0.15) is 48.8 Å². The average molecular weight is 364 g/mol. The molecule has 12 N–H and O–H groups in total. The van der Waals surface area contributed by atoms with E-state index in [0.29, 0.717) is 0 Å². The fourth-order valence-corrected chi connectivity index (χ4v) is 1.34. The maximum absolute atomic E-state index is 8.96. The summed E-state index contributed by atoms with van der Waals surface area (Å²) in [4.78, 5) is 0. The number of aliphatic hydroxyl groups excluding tert-OH is 12. The van der Waals surface area contributed by atoms with Gasteiger partial charge >= 0.3 is 0 Å². The van der Waals surface area contributed by atoms with E-state index in [1.54, 1.807) is 0 Å². The molecule has 0 spiro atoms. The van der Waals surface area contributed by atoms with E-state index in [-0.39, 0.29) is 0 Å². The molecule has 0 bridgehead atoms. The van der Waals surface area contributed by atoms with Crippen molar-refractivity contribution in [1.29, 1.82) is 0 Å². The number of hydrogen-bond donors (Lipinski definition) is 12. The second kappa shape index (κ2) is 13.8. The van der Waals surface area contributed by atoms with Crippen molar-refractivity contribution in [2.24, 2.45) is 0 Å². The van der Waals surface area contributed by atoms with Gasteiger partial charge in [0.05, 0.1) is 26.4 Å². The van der Waals surface area contributed by atoms with Crippen molar-refractivity contribution in [3.8, 4) is 0 Å². The number of rotatable bonds is 10. The van der Waals surface area contributed by atoms with Crippen molar-refractivity contribution >= 4 is 0 Å². The van der Waals surface area contributed by atoms with Gasteiger partial charge in [-0.25, -0.2) is 0 Å². The van der Waals surface area contributed by atoms with Gasteiger partial charge in [0.25, 0.3) is 0 Å².